The Kier molecular flexibility index (Phi) is 1.85. The van der Waals surface area contributed by atoms with Gasteiger partial charge in [-0.2, -0.15) is 0 Å². The fourth-order valence-corrected chi connectivity index (χ4v) is 1.45. The highest BCUT2D eigenvalue weighted by atomic mass is 16.4. The number of rotatable bonds is 1. The average molecular weight is 187 g/mol. The van der Waals surface area contributed by atoms with E-state index < -0.39 is 6.09 Å². The highest BCUT2D eigenvalue weighted by molar-refractivity contribution is 5.89. The first-order valence-electron chi connectivity index (χ1n) is 4.19. The van der Waals surface area contributed by atoms with Crippen LogP contribution in [0.4, 0.5) is 4.79 Å². The van der Waals surface area contributed by atoms with Crippen LogP contribution in [-0.2, 0) is 0 Å². The van der Waals surface area contributed by atoms with Crippen molar-refractivity contribution in [2.24, 2.45) is 0 Å². The Hall–Kier alpha value is -2.03. The third-order valence-corrected chi connectivity index (χ3v) is 2.16. The molecular weight excluding hydrogens is 178 g/mol. The first kappa shape index (κ1) is 8.56. The number of benzene rings is 1. The van der Waals surface area contributed by atoms with Gasteiger partial charge in [-0.1, -0.05) is 18.7 Å². The van der Waals surface area contributed by atoms with Crippen LogP contribution in [0.25, 0.3) is 17.0 Å². The number of carbonyl (C=O) groups is 1. The summed E-state index contributed by atoms with van der Waals surface area (Å²) in [7, 11) is 0. The first-order valence-corrected chi connectivity index (χ1v) is 4.19. The van der Waals surface area contributed by atoms with E-state index in [1.807, 2.05) is 12.1 Å². The van der Waals surface area contributed by atoms with Gasteiger partial charge in [0.1, 0.15) is 0 Å². The highest BCUT2D eigenvalue weighted by Gasteiger charge is 2.05. The molecule has 2 aromatic rings. The zero-order valence-electron chi connectivity index (χ0n) is 7.47. The lowest BCUT2D eigenvalue weighted by atomic mass is 10.1. The number of nitrogens with zero attached hydrogens (tertiary/aromatic N) is 1. The van der Waals surface area contributed by atoms with Crippen LogP contribution in [0.2, 0.25) is 0 Å². The van der Waals surface area contributed by atoms with Gasteiger partial charge in [0, 0.05) is 11.6 Å². The van der Waals surface area contributed by atoms with Crippen molar-refractivity contribution in [1.29, 1.82) is 0 Å². The number of hydrogen-bond donors (Lipinski definition) is 1. The maximum absolute atomic E-state index is 10.8. The second-order valence-electron chi connectivity index (χ2n) is 2.99. The molecule has 0 amide bonds. The Morgan fingerprint density at radius 2 is 2.21 bits per heavy atom. The van der Waals surface area contributed by atoms with Gasteiger partial charge in [-0.15, -0.1) is 0 Å². The quantitative estimate of drug-likeness (QED) is 0.745. The summed E-state index contributed by atoms with van der Waals surface area (Å²) in [5.41, 5.74) is 1.68. The molecule has 1 N–H and O–H groups in total. The van der Waals surface area contributed by atoms with Crippen LogP contribution in [0.1, 0.15) is 5.56 Å². The molecule has 3 heteroatoms. The predicted molar refractivity (Wildman–Crippen MR) is 55.5 cm³/mol. The second-order valence-corrected chi connectivity index (χ2v) is 2.99. The standard InChI is InChI=1S/C11H9NO2/c1-2-8-3-4-10-9(7-8)5-6-12(10)11(13)14/h2-7H,1H2,(H,13,14). The third-order valence-electron chi connectivity index (χ3n) is 2.16. The van der Waals surface area contributed by atoms with Gasteiger partial charge in [-0.25, -0.2) is 4.79 Å². The van der Waals surface area contributed by atoms with Crippen LogP contribution < -0.4 is 0 Å². The smallest absolute Gasteiger partial charge is 0.415 e. The van der Waals surface area contributed by atoms with Gasteiger partial charge in [0.05, 0.1) is 5.52 Å². The summed E-state index contributed by atoms with van der Waals surface area (Å²) in [6.45, 7) is 3.66. The number of aromatic nitrogens is 1. The SMILES string of the molecule is C=Cc1ccc2c(ccn2C(=O)O)c1. The summed E-state index contributed by atoms with van der Waals surface area (Å²) in [5, 5.41) is 9.75. The van der Waals surface area contributed by atoms with Crippen molar-refractivity contribution in [2.45, 2.75) is 0 Å². The number of hydrogen-bond acceptors (Lipinski definition) is 1. The van der Waals surface area contributed by atoms with E-state index in [2.05, 4.69) is 6.58 Å². The molecular formula is C11H9NO2. The molecule has 0 aliphatic rings. The molecule has 0 saturated carbocycles. The minimum absolute atomic E-state index is 0.697. The number of carboxylic acid groups (broad SMARTS) is 1. The van der Waals surface area contributed by atoms with Gasteiger partial charge in [0.25, 0.3) is 0 Å². The zero-order valence-corrected chi connectivity index (χ0v) is 7.47. The zero-order chi connectivity index (χ0) is 10.1. The third kappa shape index (κ3) is 1.19. The Labute approximate surface area is 80.9 Å². The van der Waals surface area contributed by atoms with Crippen LogP contribution in [0.15, 0.2) is 37.0 Å². The van der Waals surface area contributed by atoms with Crippen molar-refractivity contribution in [2.75, 3.05) is 0 Å². The molecule has 0 spiro atoms. The largest absolute Gasteiger partial charge is 0.464 e. The Balaban J connectivity index is 2.71. The molecule has 1 aromatic carbocycles. The lowest BCUT2D eigenvalue weighted by Gasteiger charge is -1.98. The van der Waals surface area contributed by atoms with Crippen molar-refractivity contribution in [3.05, 3.63) is 42.6 Å². The van der Waals surface area contributed by atoms with E-state index >= 15 is 0 Å². The van der Waals surface area contributed by atoms with Crippen LogP contribution in [0.3, 0.4) is 0 Å². The molecule has 0 atom stereocenters. The van der Waals surface area contributed by atoms with E-state index in [1.54, 1.807) is 24.4 Å². The van der Waals surface area contributed by atoms with E-state index in [4.69, 9.17) is 5.11 Å². The summed E-state index contributed by atoms with van der Waals surface area (Å²) in [6.07, 6.45) is 2.31. The summed E-state index contributed by atoms with van der Waals surface area (Å²) < 4.78 is 1.20. The lowest BCUT2D eigenvalue weighted by Crippen LogP contribution is -2.05. The molecule has 0 unspecified atom stereocenters. The molecule has 0 saturated heterocycles. The second kappa shape index (κ2) is 3.03. The molecule has 0 radical (unpaired) electrons. The van der Waals surface area contributed by atoms with Gasteiger partial charge in [0.2, 0.25) is 0 Å². The number of fused-ring (bicyclic) bond motifs is 1. The molecule has 0 fully saturated rings. The van der Waals surface area contributed by atoms with Crippen LogP contribution >= 0.6 is 0 Å². The lowest BCUT2D eigenvalue weighted by molar-refractivity contribution is 0.197. The molecule has 2 rings (SSSR count). The molecule has 1 heterocycles. The van der Waals surface area contributed by atoms with Crippen LogP contribution in [0, 0.1) is 0 Å². The van der Waals surface area contributed by atoms with Crippen molar-refractivity contribution >= 4 is 23.1 Å². The average Bonchev–Trinajstić information content (AvgIpc) is 2.59. The monoisotopic (exact) mass is 187 g/mol. The molecule has 3 nitrogen and oxygen atoms in total. The topological polar surface area (TPSA) is 42.2 Å². The van der Waals surface area contributed by atoms with E-state index in [9.17, 15) is 4.79 Å². The Morgan fingerprint density at radius 1 is 1.43 bits per heavy atom. The molecule has 0 aliphatic heterocycles. The fraction of sp³-hybridized carbons (Fsp3) is 0. The van der Waals surface area contributed by atoms with E-state index in [-0.39, 0.29) is 0 Å². The first-order chi connectivity index (χ1) is 6.72. The maximum atomic E-state index is 10.8. The Bertz CT molecular complexity index is 511. The molecule has 14 heavy (non-hydrogen) atoms. The van der Waals surface area contributed by atoms with Crippen LogP contribution in [-0.4, -0.2) is 15.8 Å². The van der Waals surface area contributed by atoms with Crippen molar-refractivity contribution in [1.82, 2.24) is 4.57 Å². The van der Waals surface area contributed by atoms with E-state index in [1.165, 1.54) is 4.57 Å². The Morgan fingerprint density at radius 3 is 2.86 bits per heavy atom. The molecule has 70 valence electrons. The molecule has 0 aliphatic carbocycles. The van der Waals surface area contributed by atoms with Gasteiger partial charge in [0.15, 0.2) is 0 Å². The van der Waals surface area contributed by atoms with Crippen LogP contribution in [0.5, 0.6) is 0 Å². The van der Waals surface area contributed by atoms with Crippen molar-refractivity contribution < 1.29 is 9.90 Å². The minimum atomic E-state index is -0.966. The van der Waals surface area contributed by atoms with E-state index in [0.717, 1.165) is 10.9 Å². The van der Waals surface area contributed by atoms with Crippen molar-refractivity contribution in [3.63, 3.8) is 0 Å². The normalized spacial score (nSPS) is 10.3. The van der Waals surface area contributed by atoms with Gasteiger partial charge in [-0.3, -0.25) is 4.57 Å². The molecule has 1 aromatic heterocycles. The van der Waals surface area contributed by atoms with Gasteiger partial charge in [-0.05, 0) is 23.8 Å². The van der Waals surface area contributed by atoms with Gasteiger partial charge < -0.3 is 5.11 Å². The van der Waals surface area contributed by atoms with E-state index in [0.29, 0.717) is 5.52 Å². The summed E-state index contributed by atoms with van der Waals surface area (Å²) in [6, 6.07) is 7.30. The van der Waals surface area contributed by atoms with Crippen molar-refractivity contribution in [3.8, 4) is 0 Å². The fourth-order valence-electron chi connectivity index (χ4n) is 1.45. The summed E-state index contributed by atoms with van der Waals surface area (Å²) in [5.74, 6) is 0. The minimum Gasteiger partial charge on any atom is -0.464 e. The summed E-state index contributed by atoms with van der Waals surface area (Å²) in [4.78, 5) is 10.8. The molecule has 0 bridgehead atoms. The maximum Gasteiger partial charge on any atom is 0.415 e. The predicted octanol–water partition coefficient (Wildman–Crippen LogP) is 2.81. The van der Waals surface area contributed by atoms with Gasteiger partial charge >= 0.3 is 6.09 Å². The summed E-state index contributed by atoms with van der Waals surface area (Å²) >= 11 is 0. The highest BCUT2D eigenvalue weighted by Crippen LogP contribution is 2.17.